The van der Waals surface area contributed by atoms with Crippen molar-refractivity contribution in [1.29, 1.82) is 0 Å². The lowest BCUT2D eigenvalue weighted by Crippen LogP contribution is -2.32. The van der Waals surface area contributed by atoms with E-state index in [2.05, 4.69) is 11.2 Å². The molecular formula is C14H17NO. The quantitative estimate of drug-likeness (QED) is 0.771. The monoisotopic (exact) mass is 215 g/mol. The van der Waals surface area contributed by atoms with Crippen LogP contribution in [0.4, 0.5) is 0 Å². The number of aryl methyl sites for hydroxylation is 2. The highest BCUT2D eigenvalue weighted by Gasteiger charge is 2.09. The zero-order chi connectivity index (χ0) is 12.1. The molecule has 0 aromatic heterocycles. The zero-order valence-electron chi connectivity index (χ0n) is 10.0. The molecule has 0 saturated heterocycles. The van der Waals surface area contributed by atoms with Crippen molar-refractivity contribution < 1.29 is 4.79 Å². The predicted octanol–water partition coefficient (Wildman–Crippen LogP) is 2.45. The Morgan fingerprint density at radius 2 is 2.12 bits per heavy atom. The summed E-state index contributed by atoms with van der Waals surface area (Å²) in [4.78, 5) is 11.8. The molecule has 1 rings (SSSR count). The standard InChI is InChI=1S/C14H17NO/c1-5-6-12(4)15-14(16)13-8-7-10(2)11(3)9-13/h1,7-9,12H,6H2,2-4H3,(H,15,16). The molecule has 1 aromatic rings. The first kappa shape index (κ1) is 12.3. The van der Waals surface area contributed by atoms with E-state index in [0.717, 1.165) is 5.56 Å². The van der Waals surface area contributed by atoms with Crippen LogP contribution in [0.15, 0.2) is 18.2 Å². The topological polar surface area (TPSA) is 29.1 Å². The van der Waals surface area contributed by atoms with E-state index in [1.165, 1.54) is 5.56 Å². The molecule has 1 unspecified atom stereocenters. The maximum atomic E-state index is 11.8. The van der Waals surface area contributed by atoms with Crippen molar-refractivity contribution in [3.63, 3.8) is 0 Å². The second kappa shape index (κ2) is 5.37. The van der Waals surface area contributed by atoms with Crippen LogP contribution in [-0.2, 0) is 0 Å². The molecule has 0 spiro atoms. The Labute approximate surface area is 97.1 Å². The average Bonchev–Trinajstić information content (AvgIpc) is 2.22. The normalized spacial score (nSPS) is 11.6. The summed E-state index contributed by atoms with van der Waals surface area (Å²) in [6.07, 6.45) is 5.74. The molecule has 0 aliphatic heterocycles. The van der Waals surface area contributed by atoms with Crippen molar-refractivity contribution >= 4 is 5.91 Å². The molecule has 16 heavy (non-hydrogen) atoms. The summed E-state index contributed by atoms with van der Waals surface area (Å²) < 4.78 is 0. The van der Waals surface area contributed by atoms with E-state index in [4.69, 9.17) is 6.42 Å². The molecule has 1 N–H and O–H groups in total. The fraction of sp³-hybridized carbons (Fsp3) is 0.357. The Kier molecular flexibility index (Phi) is 4.13. The largest absolute Gasteiger partial charge is 0.349 e. The summed E-state index contributed by atoms with van der Waals surface area (Å²) in [6.45, 7) is 5.92. The molecule has 2 nitrogen and oxygen atoms in total. The molecule has 0 saturated carbocycles. The van der Waals surface area contributed by atoms with Crippen LogP contribution >= 0.6 is 0 Å². The number of nitrogens with one attached hydrogen (secondary N) is 1. The third-order valence-electron chi connectivity index (χ3n) is 2.57. The van der Waals surface area contributed by atoms with Crippen molar-refractivity contribution in [2.75, 3.05) is 0 Å². The number of benzene rings is 1. The highest BCUT2D eigenvalue weighted by Crippen LogP contribution is 2.09. The molecule has 84 valence electrons. The maximum absolute atomic E-state index is 11.8. The number of amides is 1. The molecule has 1 aromatic carbocycles. The first-order valence-electron chi connectivity index (χ1n) is 5.36. The molecule has 1 atom stereocenters. The van der Waals surface area contributed by atoms with E-state index < -0.39 is 0 Å². The Balaban J connectivity index is 2.74. The SMILES string of the molecule is C#CCC(C)NC(=O)c1ccc(C)c(C)c1. The van der Waals surface area contributed by atoms with E-state index in [-0.39, 0.29) is 11.9 Å². The van der Waals surface area contributed by atoms with Crippen molar-refractivity contribution in [1.82, 2.24) is 5.32 Å². The van der Waals surface area contributed by atoms with Gasteiger partial charge in [0.15, 0.2) is 0 Å². The van der Waals surface area contributed by atoms with Crippen LogP contribution in [0, 0.1) is 26.2 Å². The third kappa shape index (κ3) is 3.13. The van der Waals surface area contributed by atoms with Gasteiger partial charge in [-0.25, -0.2) is 0 Å². The summed E-state index contributed by atoms with van der Waals surface area (Å²) in [7, 11) is 0. The minimum absolute atomic E-state index is 0.0131. The Morgan fingerprint density at radius 1 is 1.44 bits per heavy atom. The highest BCUT2D eigenvalue weighted by atomic mass is 16.1. The lowest BCUT2D eigenvalue weighted by atomic mass is 10.1. The molecule has 0 aliphatic carbocycles. The Morgan fingerprint density at radius 3 is 2.69 bits per heavy atom. The van der Waals surface area contributed by atoms with Gasteiger partial charge in [0.05, 0.1) is 0 Å². The summed E-state index contributed by atoms with van der Waals surface area (Å²) in [5.41, 5.74) is 3.00. The van der Waals surface area contributed by atoms with Crippen LogP contribution in [-0.4, -0.2) is 11.9 Å². The molecule has 1 amide bonds. The van der Waals surface area contributed by atoms with Gasteiger partial charge in [0.2, 0.25) is 0 Å². The fourth-order valence-corrected chi connectivity index (χ4v) is 1.42. The first-order valence-corrected chi connectivity index (χ1v) is 5.36. The Hall–Kier alpha value is -1.75. The van der Waals surface area contributed by atoms with E-state index >= 15 is 0 Å². The van der Waals surface area contributed by atoms with Crippen LogP contribution in [0.1, 0.15) is 34.8 Å². The lowest BCUT2D eigenvalue weighted by molar-refractivity contribution is 0.0941. The molecular weight excluding hydrogens is 198 g/mol. The van der Waals surface area contributed by atoms with Gasteiger partial charge in [-0.05, 0) is 44.0 Å². The summed E-state index contributed by atoms with van der Waals surface area (Å²) in [5.74, 6) is 2.47. The predicted molar refractivity (Wildman–Crippen MR) is 66.3 cm³/mol. The van der Waals surface area contributed by atoms with Crippen molar-refractivity contribution in [3.05, 3.63) is 34.9 Å². The second-order valence-corrected chi connectivity index (χ2v) is 4.08. The van der Waals surface area contributed by atoms with Gasteiger partial charge in [-0.2, -0.15) is 0 Å². The van der Waals surface area contributed by atoms with Crippen LogP contribution in [0.25, 0.3) is 0 Å². The van der Waals surface area contributed by atoms with Crippen LogP contribution in [0.2, 0.25) is 0 Å². The summed E-state index contributed by atoms with van der Waals surface area (Å²) >= 11 is 0. The summed E-state index contributed by atoms with van der Waals surface area (Å²) in [5, 5.41) is 2.86. The zero-order valence-corrected chi connectivity index (χ0v) is 10.0. The smallest absolute Gasteiger partial charge is 0.251 e. The molecule has 2 heteroatoms. The van der Waals surface area contributed by atoms with E-state index in [1.54, 1.807) is 0 Å². The minimum Gasteiger partial charge on any atom is -0.349 e. The van der Waals surface area contributed by atoms with Gasteiger partial charge in [0, 0.05) is 18.0 Å². The van der Waals surface area contributed by atoms with E-state index in [1.807, 2.05) is 39.0 Å². The number of rotatable bonds is 3. The molecule has 0 fully saturated rings. The third-order valence-corrected chi connectivity index (χ3v) is 2.57. The van der Waals surface area contributed by atoms with Crippen LogP contribution in [0.3, 0.4) is 0 Å². The van der Waals surface area contributed by atoms with Gasteiger partial charge in [-0.3, -0.25) is 4.79 Å². The number of terminal acetylenes is 1. The van der Waals surface area contributed by atoms with Crippen molar-refractivity contribution in [3.8, 4) is 12.3 Å². The highest BCUT2D eigenvalue weighted by molar-refractivity contribution is 5.94. The van der Waals surface area contributed by atoms with Gasteiger partial charge in [-0.1, -0.05) is 6.07 Å². The number of carbonyl (C=O) groups is 1. The van der Waals surface area contributed by atoms with Gasteiger partial charge >= 0.3 is 0 Å². The molecule has 0 aliphatic rings. The molecule has 0 bridgehead atoms. The molecule has 0 radical (unpaired) electrons. The minimum atomic E-state index is -0.0640. The van der Waals surface area contributed by atoms with Crippen LogP contribution in [0.5, 0.6) is 0 Å². The van der Waals surface area contributed by atoms with E-state index in [9.17, 15) is 4.79 Å². The average molecular weight is 215 g/mol. The van der Waals surface area contributed by atoms with Gasteiger partial charge in [0.25, 0.3) is 5.91 Å². The number of hydrogen-bond donors (Lipinski definition) is 1. The van der Waals surface area contributed by atoms with E-state index in [0.29, 0.717) is 12.0 Å². The van der Waals surface area contributed by atoms with Gasteiger partial charge < -0.3 is 5.32 Å². The number of carbonyl (C=O) groups excluding carboxylic acids is 1. The lowest BCUT2D eigenvalue weighted by Gasteiger charge is -2.11. The number of hydrogen-bond acceptors (Lipinski definition) is 1. The van der Waals surface area contributed by atoms with Crippen molar-refractivity contribution in [2.45, 2.75) is 33.2 Å². The maximum Gasteiger partial charge on any atom is 0.251 e. The van der Waals surface area contributed by atoms with Crippen LogP contribution < -0.4 is 5.32 Å². The van der Waals surface area contributed by atoms with Crippen molar-refractivity contribution in [2.24, 2.45) is 0 Å². The summed E-state index contributed by atoms with van der Waals surface area (Å²) in [6, 6.07) is 5.70. The first-order chi connectivity index (χ1) is 7.54. The molecule has 0 heterocycles. The second-order valence-electron chi connectivity index (χ2n) is 4.08. The Bertz CT molecular complexity index is 429. The fourth-order valence-electron chi connectivity index (χ4n) is 1.42. The van der Waals surface area contributed by atoms with Gasteiger partial charge in [0.1, 0.15) is 0 Å². The van der Waals surface area contributed by atoms with Gasteiger partial charge in [-0.15, -0.1) is 12.3 Å².